The van der Waals surface area contributed by atoms with Gasteiger partial charge in [0.25, 0.3) is 0 Å². The molecule has 0 bridgehead atoms. The summed E-state index contributed by atoms with van der Waals surface area (Å²) in [5.41, 5.74) is -0.638. The molecule has 1 aromatic rings. The van der Waals surface area contributed by atoms with Crippen LogP contribution in [0.1, 0.15) is 12.8 Å². The van der Waals surface area contributed by atoms with Crippen LogP contribution in [0.3, 0.4) is 0 Å². The van der Waals surface area contributed by atoms with Crippen molar-refractivity contribution in [3.8, 4) is 0 Å². The summed E-state index contributed by atoms with van der Waals surface area (Å²) in [7, 11) is 2.03. The van der Waals surface area contributed by atoms with Crippen LogP contribution in [0.2, 0.25) is 0 Å². The molecule has 1 atom stereocenters. The Morgan fingerprint density at radius 1 is 1.57 bits per heavy atom. The summed E-state index contributed by atoms with van der Waals surface area (Å²) in [6, 6.07) is 0. The second-order valence-electron chi connectivity index (χ2n) is 4.17. The molecule has 1 aliphatic heterocycles. The molecule has 2 heterocycles. The van der Waals surface area contributed by atoms with Crippen molar-refractivity contribution >= 4 is 0 Å². The van der Waals surface area contributed by atoms with Crippen molar-refractivity contribution in [1.29, 1.82) is 0 Å². The van der Waals surface area contributed by atoms with Crippen molar-refractivity contribution in [2.75, 3.05) is 20.1 Å². The number of hydrogen-bond acceptors (Lipinski definition) is 4. The third kappa shape index (κ3) is 2.10. The molecule has 0 radical (unpaired) electrons. The topological polar surface area (TPSA) is 54.2 Å². The molecule has 0 spiro atoms. The summed E-state index contributed by atoms with van der Waals surface area (Å²) < 4.78 is 1.69. The van der Waals surface area contributed by atoms with Gasteiger partial charge in [-0.25, -0.2) is 4.68 Å². The SMILES string of the molecule is CN1CCCC(O)(Cn2ccnn2)C1. The third-order valence-electron chi connectivity index (χ3n) is 2.67. The number of rotatable bonds is 2. The summed E-state index contributed by atoms with van der Waals surface area (Å²) >= 11 is 0. The molecule has 0 aliphatic carbocycles. The first-order valence-corrected chi connectivity index (χ1v) is 4.93. The standard InChI is InChI=1S/C9H16N4O/c1-12-5-2-3-9(14,7-12)8-13-6-4-10-11-13/h4,6,14H,2-3,5,7-8H2,1H3. The van der Waals surface area contributed by atoms with Gasteiger partial charge in [0, 0.05) is 12.7 Å². The van der Waals surface area contributed by atoms with E-state index in [2.05, 4.69) is 15.2 Å². The zero-order valence-corrected chi connectivity index (χ0v) is 8.43. The van der Waals surface area contributed by atoms with Gasteiger partial charge in [-0.2, -0.15) is 0 Å². The summed E-state index contributed by atoms with van der Waals surface area (Å²) in [6.45, 7) is 2.32. The fourth-order valence-electron chi connectivity index (χ4n) is 2.09. The highest BCUT2D eigenvalue weighted by Crippen LogP contribution is 2.21. The molecule has 1 N–H and O–H groups in total. The summed E-state index contributed by atoms with van der Waals surface area (Å²) in [4.78, 5) is 2.15. The van der Waals surface area contributed by atoms with E-state index in [1.54, 1.807) is 17.1 Å². The Kier molecular flexibility index (Phi) is 2.52. The van der Waals surface area contributed by atoms with E-state index in [0.717, 1.165) is 19.4 Å². The molecule has 2 rings (SSSR count). The van der Waals surface area contributed by atoms with Gasteiger partial charge in [0.05, 0.1) is 18.3 Å². The molecular weight excluding hydrogens is 180 g/mol. The Balaban J connectivity index is 2.01. The maximum atomic E-state index is 10.3. The lowest BCUT2D eigenvalue weighted by atomic mass is 9.93. The predicted octanol–water partition coefficient (Wildman–Crippen LogP) is -0.265. The monoisotopic (exact) mass is 196 g/mol. The first-order valence-electron chi connectivity index (χ1n) is 4.93. The maximum Gasteiger partial charge on any atom is 0.0969 e. The fraction of sp³-hybridized carbons (Fsp3) is 0.778. The van der Waals surface area contributed by atoms with Crippen LogP contribution in [0.25, 0.3) is 0 Å². The fourth-order valence-corrected chi connectivity index (χ4v) is 2.09. The van der Waals surface area contributed by atoms with Crippen LogP contribution in [0.4, 0.5) is 0 Å². The largest absolute Gasteiger partial charge is 0.387 e. The summed E-state index contributed by atoms with van der Waals surface area (Å²) in [5, 5.41) is 17.9. The van der Waals surface area contributed by atoms with Crippen LogP contribution in [0.5, 0.6) is 0 Å². The number of piperidine rings is 1. The van der Waals surface area contributed by atoms with Crippen molar-refractivity contribution in [2.45, 2.75) is 25.0 Å². The van der Waals surface area contributed by atoms with Crippen LogP contribution in [0.15, 0.2) is 12.4 Å². The van der Waals surface area contributed by atoms with E-state index in [-0.39, 0.29) is 0 Å². The van der Waals surface area contributed by atoms with Crippen molar-refractivity contribution in [3.63, 3.8) is 0 Å². The van der Waals surface area contributed by atoms with E-state index in [4.69, 9.17) is 0 Å². The molecule has 1 unspecified atom stereocenters. The molecule has 0 amide bonds. The molecular formula is C9H16N4O. The molecule has 1 aliphatic rings. The minimum Gasteiger partial charge on any atom is -0.387 e. The molecule has 0 aromatic carbocycles. The number of likely N-dealkylation sites (N-methyl/N-ethyl adjacent to an activating group) is 1. The molecule has 0 saturated carbocycles. The van der Waals surface area contributed by atoms with Crippen molar-refractivity contribution in [2.24, 2.45) is 0 Å². The van der Waals surface area contributed by atoms with Gasteiger partial charge in [-0.15, -0.1) is 5.10 Å². The van der Waals surface area contributed by atoms with Crippen molar-refractivity contribution < 1.29 is 5.11 Å². The van der Waals surface area contributed by atoms with Crippen LogP contribution >= 0.6 is 0 Å². The summed E-state index contributed by atoms with van der Waals surface area (Å²) in [6.07, 6.45) is 5.31. The number of hydrogen-bond donors (Lipinski definition) is 1. The number of likely N-dealkylation sites (tertiary alicyclic amines) is 1. The Labute approximate surface area is 83.3 Å². The highest BCUT2D eigenvalue weighted by molar-refractivity contribution is 4.86. The van der Waals surface area contributed by atoms with Crippen LogP contribution in [-0.2, 0) is 6.54 Å². The number of aliphatic hydroxyl groups is 1. The average molecular weight is 196 g/mol. The van der Waals surface area contributed by atoms with Gasteiger partial charge in [-0.1, -0.05) is 5.21 Å². The second-order valence-corrected chi connectivity index (χ2v) is 4.17. The number of nitrogens with zero attached hydrogens (tertiary/aromatic N) is 4. The molecule has 5 heteroatoms. The van der Waals surface area contributed by atoms with Crippen LogP contribution in [0, 0.1) is 0 Å². The molecule has 78 valence electrons. The Morgan fingerprint density at radius 3 is 3.07 bits per heavy atom. The van der Waals surface area contributed by atoms with E-state index in [1.165, 1.54) is 0 Å². The first-order chi connectivity index (χ1) is 6.68. The van der Waals surface area contributed by atoms with Gasteiger partial charge in [0.2, 0.25) is 0 Å². The second kappa shape index (κ2) is 3.67. The lowest BCUT2D eigenvalue weighted by molar-refractivity contribution is -0.0385. The Hall–Kier alpha value is -0.940. The van der Waals surface area contributed by atoms with Gasteiger partial charge in [-0.05, 0) is 26.4 Å². The van der Waals surface area contributed by atoms with Crippen LogP contribution in [-0.4, -0.2) is 50.7 Å². The van der Waals surface area contributed by atoms with Gasteiger partial charge in [0.1, 0.15) is 0 Å². The van der Waals surface area contributed by atoms with Crippen molar-refractivity contribution in [1.82, 2.24) is 19.9 Å². The van der Waals surface area contributed by atoms with E-state index < -0.39 is 5.60 Å². The molecule has 1 saturated heterocycles. The predicted molar refractivity (Wildman–Crippen MR) is 51.7 cm³/mol. The van der Waals surface area contributed by atoms with Crippen LogP contribution < -0.4 is 0 Å². The van der Waals surface area contributed by atoms with Gasteiger partial charge in [0.15, 0.2) is 0 Å². The Morgan fingerprint density at radius 2 is 2.43 bits per heavy atom. The molecule has 5 nitrogen and oxygen atoms in total. The van der Waals surface area contributed by atoms with Gasteiger partial charge >= 0.3 is 0 Å². The highest BCUT2D eigenvalue weighted by atomic mass is 16.3. The van der Waals surface area contributed by atoms with E-state index in [0.29, 0.717) is 13.1 Å². The number of aromatic nitrogens is 3. The zero-order valence-electron chi connectivity index (χ0n) is 8.43. The van der Waals surface area contributed by atoms with E-state index >= 15 is 0 Å². The minimum atomic E-state index is -0.638. The summed E-state index contributed by atoms with van der Waals surface area (Å²) in [5.74, 6) is 0. The van der Waals surface area contributed by atoms with Gasteiger partial charge in [-0.3, -0.25) is 0 Å². The average Bonchev–Trinajstić information content (AvgIpc) is 2.55. The van der Waals surface area contributed by atoms with Crippen molar-refractivity contribution in [3.05, 3.63) is 12.4 Å². The van der Waals surface area contributed by atoms with Gasteiger partial charge < -0.3 is 10.0 Å². The van der Waals surface area contributed by atoms with E-state index in [1.807, 2.05) is 7.05 Å². The minimum absolute atomic E-state index is 0.539. The molecule has 14 heavy (non-hydrogen) atoms. The number of β-amino-alcohol motifs (C(OH)–C–C–N with tert-alkyl or cyclic N) is 1. The lowest BCUT2D eigenvalue weighted by Crippen LogP contribution is -2.49. The third-order valence-corrected chi connectivity index (χ3v) is 2.67. The normalized spacial score (nSPS) is 29.3. The Bertz CT molecular complexity index is 287. The first kappa shape index (κ1) is 9.61. The zero-order chi connectivity index (χ0) is 10.0. The molecule has 1 aromatic heterocycles. The molecule has 1 fully saturated rings. The maximum absolute atomic E-state index is 10.3. The smallest absolute Gasteiger partial charge is 0.0969 e. The quantitative estimate of drug-likeness (QED) is 0.707. The lowest BCUT2D eigenvalue weighted by Gasteiger charge is -2.37. The highest BCUT2D eigenvalue weighted by Gasteiger charge is 2.32. The van der Waals surface area contributed by atoms with E-state index in [9.17, 15) is 5.11 Å².